The number of aliphatic carboxylic acids is 1. The molecule has 1 aliphatic carbocycles. The largest absolute Gasteiger partial charge is 0.478 e. The third-order valence-electron chi connectivity index (χ3n) is 2.39. The van der Waals surface area contributed by atoms with Gasteiger partial charge in [0.15, 0.2) is 0 Å². The molecule has 80 valence electrons. The van der Waals surface area contributed by atoms with Crippen LogP contribution in [0.2, 0.25) is 0 Å². The van der Waals surface area contributed by atoms with Gasteiger partial charge in [0.1, 0.15) is 0 Å². The van der Waals surface area contributed by atoms with Crippen molar-refractivity contribution in [1.82, 2.24) is 4.90 Å². The van der Waals surface area contributed by atoms with E-state index in [1.807, 2.05) is 0 Å². The van der Waals surface area contributed by atoms with Crippen molar-refractivity contribution in [2.45, 2.75) is 39.2 Å². The van der Waals surface area contributed by atoms with Crippen LogP contribution in [0.15, 0.2) is 12.3 Å². The van der Waals surface area contributed by atoms with Gasteiger partial charge in [0, 0.05) is 24.9 Å². The number of carboxylic acids is 1. The van der Waals surface area contributed by atoms with Crippen molar-refractivity contribution in [3.8, 4) is 0 Å². The quantitative estimate of drug-likeness (QED) is 0.663. The maximum atomic E-state index is 10.4. The molecule has 0 aliphatic heterocycles. The Morgan fingerprint density at radius 2 is 2.21 bits per heavy atom. The molecule has 0 radical (unpaired) electrons. The first kappa shape index (κ1) is 11.1. The fourth-order valence-corrected chi connectivity index (χ4v) is 1.35. The summed E-state index contributed by atoms with van der Waals surface area (Å²) in [6, 6.07) is 0.601. The van der Waals surface area contributed by atoms with E-state index in [9.17, 15) is 4.79 Å². The van der Waals surface area contributed by atoms with Gasteiger partial charge >= 0.3 is 5.97 Å². The lowest BCUT2D eigenvalue weighted by atomic mass is 10.1. The van der Waals surface area contributed by atoms with Crippen LogP contribution < -0.4 is 0 Å². The Bertz CT molecular complexity index is 219. The summed E-state index contributed by atoms with van der Waals surface area (Å²) < 4.78 is 0. The highest BCUT2D eigenvalue weighted by Gasteiger charge is 2.26. The van der Waals surface area contributed by atoms with Gasteiger partial charge < -0.3 is 10.0 Å². The zero-order chi connectivity index (χ0) is 10.6. The van der Waals surface area contributed by atoms with Gasteiger partial charge in [-0.2, -0.15) is 0 Å². The Morgan fingerprint density at radius 1 is 1.57 bits per heavy atom. The highest BCUT2D eigenvalue weighted by molar-refractivity contribution is 5.79. The van der Waals surface area contributed by atoms with E-state index in [0.717, 1.165) is 13.0 Å². The summed E-state index contributed by atoms with van der Waals surface area (Å²) in [5.74, 6) is -0.185. The molecular weight excluding hydrogens is 178 g/mol. The SMILES string of the molecule is CC(C)CCN(/C=C/C(=O)O)C1CC1. The molecule has 0 aromatic rings. The fourth-order valence-electron chi connectivity index (χ4n) is 1.35. The van der Waals surface area contributed by atoms with E-state index in [1.165, 1.54) is 18.9 Å². The lowest BCUT2D eigenvalue weighted by Gasteiger charge is -2.20. The number of carbonyl (C=O) groups is 1. The second-order valence-electron chi connectivity index (χ2n) is 4.31. The van der Waals surface area contributed by atoms with Crippen molar-refractivity contribution in [3.63, 3.8) is 0 Å². The predicted molar refractivity (Wildman–Crippen MR) is 56.0 cm³/mol. The van der Waals surface area contributed by atoms with Gasteiger partial charge in [-0.3, -0.25) is 0 Å². The van der Waals surface area contributed by atoms with Crippen molar-refractivity contribution < 1.29 is 9.90 Å². The van der Waals surface area contributed by atoms with Crippen LogP contribution in [-0.4, -0.2) is 28.6 Å². The van der Waals surface area contributed by atoms with E-state index < -0.39 is 5.97 Å². The van der Waals surface area contributed by atoms with Crippen LogP contribution in [0, 0.1) is 5.92 Å². The monoisotopic (exact) mass is 197 g/mol. The van der Waals surface area contributed by atoms with Crippen LogP contribution in [0.1, 0.15) is 33.1 Å². The molecule has 0 atom stereocenters. The van der Waals surface area contributed by atoms with E-state index in [1.54, 1.807) is 6.20 Å². The summed E-state index contributed by atoms with van der Waals surface area (Å²) in [5.41, 5.74) is 0. The normalized spacial score (nSPS) is 16.5. The van der Waals surface area contributed by atoms with Gasteiger partial charge in [-0.05, 0) is 25.2 Å². The lowest BCUT2D eigenvalue weighted by molar-refractivity contribution is -0.131. The summed E-state index contributed by atoms with van der Waals surface area (Å²) in [6.45, 7) is 5.35. The Balaban J connectivity index is 2.35. The highest BCUT2D eigenvalue weighted by atomic mass is 16.4. The molecule has 0 bridgehead atoms. The van der Waals surface area contributed by atoms with Crippen LogP contribution in [0.5, 0.6) is 0 Å². The molecule has 1 saturated carbocycles. The van der Waals surface area contributed by atoms with E-state index in [0.29, 0.717) is 12.0 Å². The molecular formula is C11H19NO2. The maximum absolute atomic E-state index is 10.4. The van der Waals surface area contributed by atoms with Crippen LogP contribution in [-0.2, 0) is 4.79 Å². The Morgan fingerprint density at radius 3 is 2.64 bits per heavy atom. The highest BCUT2D eigenvalue weighted by Crippen LogP contribution is 2.27. The molecule has 3 heteroatoms. The van der Waals surface area contributed by atoms with Gasteiger partial charge in [0.25, 0.3) is 0 Å². The standard InChI is InChI=1S/C11H19NO2/c1-9(2)5-7-12(10-3-4-10)8-6-11(13)14/h6,8-10H,3-5,7H2,1-2H3,(H,13,14)/b8-6+. The van der Waals surface area contributed by atoms with Crippen LogP contribution in [0.3, 0.4) is 0 Å². The fraction of sp³-hybridized carbons (Fsp3) is 0.727. The smallest absolute Gasteiger partial charge is 0.329 e. The molecule has 14 heavy (non-hydrogen) atoms. The third-order valence-corrected chi connectivity index (χ3v) is 2.39. The minimum Gasteiger partial charge on any atom is -0.478 e. The van der Waals surface area contributed by atoms with Crippen molar-refractivity contribution in [2.75, 3.05) is 6.54 Å². The van der Waals surface area contributed by atoms with Crippen molar-refractivity contribution in [1.29, 1.82) is 0 Å². The predicted octanol–water partition coefficient (Wildman–Crippen LogP) is 2.10. The van der Waals surface area contributed by atoms with E-state index in [4.69, 9.17) is 5.11 Å². The van der Waals surface area contributed by atoms with Gasteiger partial charge in [-0.25, -0.2) is 4.79 Å². The van der Waals surface area contributed by atoms with Crippen LogP contribution in [0.25, 0.3) is 0 Å². The summed E-state index contributed by atoms with van der Waals surface area (Å²) in [4.78, 5) is 12.5. The lowest BCUT2D eigenvalue weighted by Crippen LogP contribution is -2.22. The minimum absolute atomic E-state index is 0.601. The Kier molecular flexibility index (Phi) is 3.98. The molecule has 0 spiro atoms. The number of hydrogen-bond acceptors (Lipinski definition) is 2. The molecule has 1 N–H and O–H groups in total. The molecule has 0 heterocycles. The first-order valence-corrected chi connectivity index (χ1v) is 5.26. The van der Waals surface area contributed by atoms with Crippen molar-refractivity contribution in [2.24, 2.45) is 5.92 Å². The molecule has 0 aromatic heterocycles. The second-order valence-corrected chi connectivity index (χ2v) is 4.31. The van der Waals surface area contributed by atoms with Gasteiger partial charge in [0.2, 0.25) is 0 Å². The van der Waals surface area contributed by atoms with Gasteiger partial charge in [-0.1, -0.05) is 13.8 Å². The second kappa shape index (κ2) is 5.03. The maximum Gasteiger partial charge on any atom is 0.329 e. The Hall–Kier alpha value is -0.990. The van der Waals surface area contributed by atoms with Crippen molar-refractivity contribution in [3.05, 3.63) is 12.3 Å². The summed E-state index contributed by atoms with van der Waals surface area (Å²) >= 11 is 0. The van der Waals surface area contributed by atoms with Gasteiger partial charge in [0.05, 0.1) is 0 Å². The first-order chi connectivity index (χ1) is 6.59. The van der Waals surface area contributed by atoms with Crippen LogP contribution >= 0.6 is 0 Å². The van der Waals surface area contributed by atoms with E-state index in [-0.39, 0.29) is 0 Å². The molecule has 1 fully saturated rings. The van der Waals surface area contributed by atoms with Crippen molar-refractivity contribution >= 4 is 5.97 Å². The summed E-state index contributed by atoms with van der Waals surface area (Å²) in [5, 5.41) is 8.53. The first-order valence-electron chi connectivity index (χ1n) is 5.26. The molecule has 1 rings (SSSR count). The zero-order valence-corrected chi connectivity index (χ0v) is 8.94. The molecule has 0 saturated heterocycles. The Labute approximate surface area is 85.4 Å². The van der Waals surface area contributed by atoms with Gasteiger partial charge in [-0.15, -0.1) is 0 Å². The third kappa shape index (κ3) is 4.30. The summed E-state index contributed by atoms with van der Waals surface area (Å²) in [6.07, 6.45) is 6.51. The molecule has 0 aromatic carbocycles. The number of hydrogen-bond donors (Lipinski definition) is 1. The molecule has 0 unspecified atom stereocenters. The average molecular weight is 197 g/mol. The molecule has 3 nitrogen and oxygen atoms in total. The topological polar surface area (TPSA) is 40.5 Å². The molecule has 0 amide bonds. The minimum atomic E-state index is -0.861. The van der Waals surface area contributed by atoms with Crippen LogP contribution in [0.4, 0.5) is 0 Å². The number of nitrogens with zero attached hydrogens (tertiary/aromatic N) is 1. The molecule has 1 aliphatic rings. The van der Waals surface area contributed by atoms with E-state index in [2.05, 4.69) is 18.7 Å². The number of carboxylic acid groups (broad SMARTS) is 1. The zero-order valence-electron chi connectivity index (χ0n) is 8.94. The van der Waals surface area contributed by atoms with E-state index >= 15 is 0 Å². The summed E-state index contributed by atoms with van der Waals surface area (Å²) in [7, 11) is 0. The number of rotatable bonds is 6. The average Bonchev–Trinajstić information content (AvgIpc) is 2.86.